The summed E-state index contributed by atoms with van der Waals surface area (Å²) >= 11 is 3.46. The van der Waals surface area contributed by atoms with Crippen molar-refractivity contribution in [1.29, 1.82) is 0 Å². The highest BCUT2D eigenvalue weighted by Crippen LogP contribution is 2.27. The van der Waals surface area contributed by atoms with Crippen LogP contribution in [-0.2, 0) is 7.05 Å². The molecular formula is C11H14BrN5. The fourth-order valence-electron chi connectivity index (χ4n) is 1.80. The first-order valence-corrected chi connectivity index (χ1v) is 6.03. The summed E-state index contributed by atoms with van der Waals surface area (Å²) in [5.74, 6) is 0. The van der Waals surface area contributed by atoms with Gasteiger partial charge in [-0.25, -0.2) is 0 Å². The van der Waals surface area contributed by atoms with Gasteiger partial charge in [-0.05, 0) is 41.4 Å². The Bertz CT molecular complexity index is 529. The van der Waals surface area contributed by atoms with Crippen molar-refractivity contribution in [2.24, 2.45) is 12.8 Å². The van der Waals surface area contributed by atoms with Crippen LogP contribution in [0.1, 0.15) is 28.7 Å². The Kier molecular flexibility index (Phi) is 3.26. The minimum Gasteiger partial charge on any atom is -0.319 e. The Hall–Kier alpha value is -1.27. The number of rotatable bonds is 2. The fraction of sp³-hybridized carbons (Fsp3) is 0.364. The van der Waals surface area contributed by atoms with Gasteiger partial charge in [-0.15, -0.1) is 0 Å². The van der Waals surface area contributed by atoms with Gasteiger partial charge in [0.05, 0.1) is 33.8 Å². The molecule has 2 rings (SSSR count). The van der Waals surface area contributed by atoms with Gasteiger partial charge >= 0.3 is 0 Å². The summed E-state index contributed by atoms with van der Waals surface area (Å²) in [6, 6.07) is 1.71. The molecule has 0 radical (unpaired) electrons. The van der Waals surface area contributed by atoms with E-state index in [2.05, 4.69) is 31.2 Å². The molecule has 90 valence electrons. The highest BCUT2D eigenvalue weighted by molar-refractivity contribution is 9.10. The van der Waals surface area contributed by atoms with E-state index in [9.17, 15) is 0 Å². The summed E-state index contributed by atoms with van der Waals surface area (Å²) in [7, 11) is 1.87. The van der Waals surface area contributed by atoms with Gasteiger partial charge in [0.2, 0.25) is 0 Å². The molecule has 0 spiro atoms. The third-order valence-electron chi connectivity index (χ3n) is 2.71. The molecule has 0 amide bonds. The number of hydrogen-bond acceptors (Lipinski definition) is 4. The van der Waals surface area contributed by atoms with Crippen molar-refractivity contribution in [1.82, 2.24) is 20.0 Å². The quantitative estimate of drug-likeness (QED) is 0.914. The average Bonchev–Trinajstić information content (AvgIpc) is 2.61. The molecular weight excluding hydrogens is 282 g/mol. The summed E-state index contributed by atoms with van der Waals surface area (Å²) in [5.41, 5.74) is 9.88. The Labute approximate surface area is 108 Å². The van der Waals surface area contributed by atoms with Crippen molar-refractivity contribution >= 4 is 15.9 Å². The highest BCUT2D eigenvalue weighted by Gasteiger charge is 2.19. The molecule has 2 aromatic heterocycles. The van der Waals surface area contributed by atoms with Gasteiger partial charge in [0.15, 0.2) is 0 Å². The molecule has 0 aliphatic rings. The van der Waals surface area contributed by atoms with Gasteiger partial charge in [-0.2, -0.15) is 15.3 Å². The number of nitrogens with two attached hydrogens (primary N) is 1. The second kappa shape index (κ2) is 4.54. The topological polar surface area (TPSA) is 69.6 Å². The maximum absolute atomic E-state index is 6.27. The monoisotopic (exact) mass is 295 g/mol. The molecule has 2 N–H and O–H groups in total. The van der Waals surface area contributed by atoms with E-state index in [1.165, 1.54) is 0 Å². The van der Waals surface area contributed by atoms with Crippen LogP contribution in [0.4, 0.5) is 0 Å². The maximum atomic E-state index is 6.27. The van der Waals surface area contributed by atoms with Crippen LogP contribution < -0.4 is 5.73 Å². The Balaban J connectivity index is 2.50. The Morgan fingerprint density at radius 1 is 1.35 bits per heavy atom. The molecule has 0 bridgehead atoms. The molecule has 0 aliphatic heterocycles. The number of aryl methyl sites for hydroxylation is 3. The van der Waals surface area contributed by atoms with E-state index in [4.69, 9.17) is 5.73 Å². The lowest BCUT2D eigenvalue weighted by Gasteiger charge is -2.15. The van der Waals surface area contributed by atoms with Gasteiger partial charge in [0.1, 0.15) is 0 Å². The van der Waals surface area contributed by atoms with E-state index in [0.29, 0.717) is 0 Å². The second-order valence-electron chi connectivity index (χ2n) is 4.01. The SMILES string of the molecule is Cc1cc(C(N)c2c(Br)cnn2C)c(C)nn1. The zero-order valence-electron chi connectivity index (χ0n) is 9.98. The zero-order chi connectivity index (χ0) is 12.6. The molecule has 1 atom stereocenters. The molecule has 1 unspecified atom stereocenters. The molecule has 0 saturated carbocycles. The first-order valence-electron chi connectivity index (χ1n) is 5.24. The van der Waals surface area contributed by atoms with Gasteiger partial charge in [0, 0.05) is 7.05 Å². The lowest BCUT2D eigenvalue weighted by Crippen LogP contribution is -2.18. The van der Waals surface area contributed by atoms with Crippen molar-refractivity contribution in [2.75, 3.05) is 0 Å². The Morgan fingerprint density at radius 3 is 2.65 bits per heavy atom. The predicted octanol–water partition coefficient (Wildman–Crippen LogP) is 1.64. The summed E-state index contributed by atoms with van der Waals surface area (Å²) in [5, 5.41) is 12.3. The van der Waals surface area contributed by atoms with E-state index >= 15 is 0 Å². The lowest BCUT2D eigenvalue weighted by molar-refractivity contribution is 0.664. The van der Waals surface area contributed by atoms with Crippen LogP contribution in [0.15, 0.2) is 16.7 Å². The maximum Gasteiger partial charge on any atom is 0.0753 e. The van der Waals surface area contributed by atoms with E-state index in [-0.39, 0.29) is 6.04 Å². The van der Waals surface area contributed by atoms with Crippen molar-refractivity contribution in [3.05, 3.63) is 39.4 Å². The third kappa shape index (κ3) is 2.23. The molecule has 0 fully saturated rings. The summed E-state index contributed by atoms with van der Waals surface area (Å²) in [4.78, 5) is 0. The van der Waals surface area contributed by atoms with Crippen LogP contribution in [0, 0.1) is 13.8 Å². The van der Waals surface area contributed by atoms with Crippen LogP contribution in [0.3, 0.4) is 0 Å². The minimum absolute atomic E-state index is 0.258. The van der Waals surface area contributed by atoms with Crippen molar-refractivity contribution in [3.8, 4) is 0 Å². The largest absolute Gasteiger partial charge is 0.319 e. The van der Waals surface area contributed by atoms with Crippen molar-refractivity contribution in [2.45, 2.75) is 19.9 Å². The second-order valence-corrected chi connectivity index (χ2v) is 4.86. The van der Waals surface area contributed by atoms with Crippen LogP contribution in [-0.4, -0.2) is 20.0 Å². The van der Waals surface area contributed by atoms with Gasteiger partial charge < -0.3 is 5.73 Å². The molecule has 0 saturated heterocycles. The minimum atomic E-state index is -0.258. The number of aromatic nitrogens is 4. The third-order valence-corrected chi connectivity index (χ3v) is 3.32. The summed E-state index contributed by atoms with van der Waals surface area (Å²) in [6.45, 7) is 3.81. The molecule has 2 aromatic rings. The van der Waals surface area contributed by atoms with Crippen LogP contribution >= 0.6 is 15.9 Å². The molecule has 6 heteroatoms. The van der Waals surface area contributed by atoms with E-state index in [1.807, 2.05) is 27.0 Å². The van der Waals surface area contributed by atoms with E-state index < -0.39 is 0 Å². The van der Waals surface area contributed by atoms with E-state index in [0.717, 1.165) is 27.1 Å². The van der Waals surface area contributed by atoms with Crippen LogP contribution in [0.25, 0.3) is 0 Å². The normalized spacial score (nSPS) is 12.8. The highest BCUT2D eigenvalue weighted by atomic mass is 79.9. The van der Waals surface area contributed by atoms with E-state index in [1.54, 1.807) is 10.9 Å². The lowest BCUT2D eigenvalue weighted by atomic mass is 10.0. The standard InChI is InChI=1S/C11H14BrN5/c1-6-4-8(7(2)16-15-6)10(13)11-9(12)5-14-17(11)3/h4-5,10H,13H2,1-3H3. The molecule has 17 heavy (non-hydrogen) atoms. The average molecular weight is 296 g/mol. The predicted molar refractivity (Wildman–Crippen MR) is 68.4 cm³/mol. The number of halogens is 1. The molecule has 2 heterocycles. The number of hydrogen-bond donors (Lipinski definition) is 1. The first-order chi connectivity index (χ1) is 8.00. The van der Waals surface area contributed by atoms with Gasteiger partial charge in [0.25, 0.3) is 0 Å². The summed E-state index contributed by atoms with van der Waals surface area (Å²) < 4.78 is 2.67. The smallest absolute Gasteiger partial charge is 0.0753 e. The summed E-state index contributed by atoms with van der Waals surface area (Å²) in [6.07, 6.45) is 1.74. The van der Waals surface area contributed by atoms with Crippen LogP contribution in [0.5, 0.6) is 0 Å². The Morgan fingerprint density at radius 2 is 2.06 bits per heavy atom. The zero-order valence-corrected chi connectivity index (χ0v) is 11.6. The van der Waals surface area contributed by atoms with Crippen molar-refractivity contribution < 1.29 is 0 Å². The molecule has 0 aromatic carbocycles. The molecule has 0 aliphatic carbocycles. The van der Waals surface area contributed by atoms with Gasteiger partial charge in [-0.3, -0.25) is 4.68 Å². The first kappa shape index (κ1) is 12.2. The fourth-order valence-corrected chi connectivity index (χ4v) is 2.40. The molecule has 5 nitrogen and oxygen atoms in total. The number of nitrogens with zero attached hydrogens (tertiary/aromatic N) is 4. The van der Waals surface area contributed by atoms with Crippen molar-refractivity contribution in [3.63, 3.8) is 0 Å². The van der Waals surface area contributed by atoms with Crippen LogP contribution in [0.2, 0.25) is 0 Å². The van der Waals surface area contributed by atoms with Gasteiger partial charge in [-0.1, -0.05) is 0 Å².